The van der Waals surface area contributed by atoms with Crippen molar-refractivity contribution in [1.82, 2.24) is 5.32 Å². The summed E-state index contributed by atoms with van der Waals surface area (Å²) in [6.07, 6.45) is 0.424. The van der Waals surface area contributed by atoms with Crippen molar-refractivity contribution in [2.75, 3.05) is 11.9 Å². The van der Waals surface area contributed by atoms with Crippen LogP contribution in [0.4, 0.5) is 10.1 Å². The Hall–Kier alpha value is -2.21. The predicted octanol–water partition coefficient (Wildman–Crippen LogP) is 3.28. The topological polar surface area (TPSA) is 58.2 Å². The van der Waals surface area contributed by atoms with Crippen molar-refractivity contribution in [2.45, 2.75) is 12.8 Å². The Morgan fingerprint density at radius 3 is 2.43 bits per heavy atom. The van der Waals surface area contributed by atoms with E-state index in [1.54, 1.807) is 30.3 Å². The van der Waals surface area contributed by atoms with E-state index < -0.39 is 0 Å². The lowest BCUT2D eigenvalue weighted by atomic mass is 10.1. The van der Waals surface area contributed by atoms with Crippen molar-refractivity contribution < 1.29 is 14.0 Å². The van der Waals surface area contributed by atoms with Crippen LogP contribution in [0.15, 0.2) is 53.0 Å². The first-order valence-corrected chi connectivity index (χ1v) is 7.90. The van der Waals surface area contributed by atoms with E-state index in [1.165, 1.54) is 6.07 Å². The molecule has 6 heteroatoms. The molecule has 2 amide bonds. The van der Waals surface area contributed by atoms with E-state index in [0.29, 0.717) is 17.7 Å². The van der Waals surface area contributed by atoms with Gasteiger partial charge in [0.2, 0.25) is 11.8 Å². The largest absolute Gasteiger partial charge is 0.347 e. The van der Waals surface area contributed by atoms with Crippen LogP contribution in [0.5, 0.6) is 0 Å². The molecule has 0 aliphatic carbocycles. The maximum Gasteiger partial charge on any atom is 0.243 e. The molecule has 120 valence electrons. The van der Waals surface area contributed by atoms with Crippen LogP contribution in [0.3, 0.4) is 0 Å². The first kappa shape index (κ1) is 17.1. The van der Waals surface area contributed by atoms with Gasteiger partial charge in [-0.1, -0.05) is 30.3 Å². The molecule has 0 aliphatic heterocycles. The highest BCUT2D eigenvalue weighted by molar-refractivity contribution is 9.10. The molecule has 2 aromatic rings. The van der Waals surface area contributed by atoms with Gasteiger partial charge in [0.1, 0.15) is 5.82 Å². The number of amides is 2. The van der Waals surface area contributed by atoms with Crippen molar-refractivity contribution in [3.05, 3.63) is 64.4 Å². The van der Waals surface area contributed by atoms with Crippen LogP contribution < -0.4 is 10.6 Å². The molecule has 4 nitrogen and oxygen atoms in total. The minimum Gasteiger partial charge on any atom is -0.347 e. The second kappa shape index (κ2) is 8.43. The molecule has 0 saturated carbocycles. The second-order valence-electron chi connectivity index (χ2n) is 4.90. The molecule has 2 N–H and O–H groups in total. The number of anilines is 1. The number of para-hydroxylation sites is 1. The summed E-state index contributed by atoms with van der Waals surface area (Å²) in [4.78, 5) is 23.5. The summed E-state index contributed by atoms with van der Waals surface area (Å²) >= 11 is 3.32. The number of aryl methyl sites for hydroxylation is 1. The van der Waals surface area contributed by atoms with Gasteiger partial charge in [0, 0.05) is 10.9 Å². The van der Waals surface area contributed by atoms with Crippen molar-refractivity contribution in [2.24, 2.45) is 0 Å². The van der Waals surface area contributed by atoms with Gasteiger partial charge in [0.25, 0.3) is 0 Å². The van der Waals surface area contributed by atoms with Gasteiger partial charge in [0.05, 0.1) is 12.2 Å². The lowest BCUT2D eigenvalue weighted by molar-refractivity contribution is -0.124. The fraction of sp³-hybridized carbons (Fsp3) is 0.176. The first-order chi connectivity index (χ1) is 11.1. The van der Waals surface area contributed by atoms with E-state index in [0.717, 1.165) is 4.47 Å². The van der Waals surface area contributed by atoms with Gasteiger partial charge in [-0.05, 0) is 46.1 Å². The Kier molecular flexibility index (Phi) is 6.29. The van der Waals surface area contributed by atoms with Crippen molar-refractivity contribution in [3.63, 3.8) is 0 Å². The zero-order chi connectivity index (χ0) is 16.7. The summed E-state index contributed by atoms with van der Waals surface area (Å²) in [5.74, 6) is -0.946. The maximum atomic E-state index is 13.4. The lowest BCUT2D eigenvalue weighted by Crippen LogP contribution is -2.33. The summed E-state index contributed by atoms with van der Waals surface area (Å²) in [6.45, 7) is -0.128. The van der Waals surface area contributed by atoms with Crippen LogP contribution in [0.1, 0.15) is 12.0 Å². The van der Waals surface area contributed by atoms with Gasteiger partial charge in [-0.25, -0.2) is 4.39 Å². The second-order valence-corrected chi connectivity index (χ2v) is 5.75. The van der Waals surface area contributed by atoms with Crippen LogP contribution in [-0.4, -0.2) is 18.4 Å². The highest BCUT2D eigenvalue weighted by Crippen LogP contribution is 2.20. The molecule has 0 aromatic heterocycles. The highest BCUT2D eigenvalue weighted by Gasteiger charge is 2.09. The number of halogens is 2. The molecule has 0 atom stereocenters. The normalized spacial score (nSPS) is 10.2. The molecule has 23 heavy (non-hydrogen) atoms. The van der Waals surface area contributed by atoms with E-state index >= 15 is 0 Å². The smallest absolute Gasteiger partial charge is 0.243 e. The fourth-order valence-corrected chi connectivity index (χ4v) is 2.36. The Morgan fingerprint density at radius 1 is 1.00 bits per heavy atom. The van der Waals surface area contributed by atoms with Gasteiger partial charge >= 0.3 is 0 Å². The molecule has 0 fully saturated rings. The van der Waals surface area contributed by atoms with Crippen LogP contribution in [0, 0.1) is 5.82 Å². The molecule has 0 heterocycles. The third-order valence-electron chi connectivity index (χ3n) is 3.17. The number of hydrogen-bond acceptors (Lipinski definition) is 2. The lowest BCUT2D eigenvalue weighted by Gasteiger charge is -2.08. The zero-order valence-corrected chi connectivity index (χ0v) is 13.9. The number of carbonyl (C=O) groups excluding carboxylic acids is 2. The number of rotatable bonds is 6. The number of benzene rings is 2. The number of nitrogens with one attached hydrogen (secondary N) is 2. The standard InChI is InChI=1S/C17H16BrFN2O2/c18-13-6-2-4-8-15(13)21-17(23)11-20-16(22)10-9-12-5-1-3-7-14(12)19/h1-8H,9-11H2,(H,20,22)(H,21,23). The van der Waals surface area contributed by atoms with Gasteiger partial charge in [-0.3, -0.25) is 9.59 Å². The third-order valence-corrected chi connectivity index (χ3v) is 3.86. The van der Waals surface area contributed by atoms with E-state index in [-0.39, 0.29) is 30.6 Å². The van der Waals surface area contributed by atoms with Gasteiger partial charge in [-0.15, -0.1) is 0 Å². The van der Waals surface area contributed by atoms with Gasteiger partial charge in [-0.2, -0.15) is 0 Å². The molecular formula is C17H16BrFN2O2. The van der Waals surface area contributed by atoms with E-state index in [4.69, 9.17) is 0 Å². The monoisotopic (exact) mass is 378 g/mol. The molecule has 0 bridgehead atoms. The van der Waals surface area contributed by atoms with Gasteiger partial charge in [0.15, 0.2) is 0 Å². The van der Waals surface area contributed by atoms with Crippen LogP contribution in [0.25, 0.3) is 0 Å². The van der Waals surface area contributed by atoms with Crippen LogP contribution >= 0.6 is 15.9 Å². The van der Waals surface area contributed by atoms with E-state index in [2.05, 4.69) is 26.6 Å². The fourth-order valence-electron chi connectivity index (χ4n) is 1.97. The molecule has 0 aliphatic rings. The average Bonchev–Trinajstić information content (AvgIpc) is 2.54. The Labute approximate surface area is 142 Å². The summed E-state index contributed by atoms with van der Waals surface area (Å²) < 4.78 is 14.2. The summed E-state index contributed by atoms with van der Waals surface area (Å²) in [6, 6.07) is 13.5. The number of carbonyl (C=O) groups is 2. The zero-order valence-electron chi connectivity index (χ0n) is 12.3. The number of hydrogen-bond donors (Lipinski definition) is 2. The minimum absolute atomic E-state index is 0.128. The van der Waals surface area contributed by atoms with Crippen molar-refractivity contribution in [1.29, 1.82) is 0 Å². The van der Waals surface area contributed by atoms with Crippen LogP contribution in [0.2, 0.25) is 0 Å². The van der Waals surface area contributed by atoms with Crippen molar-refractivity contribution in [3.8, 4) is 0 Å². The van der Waals surface area contributed by atoms with Gasteiger partial charge < -0.3 is 10.6 Å². The summed E-state index contributed by atoms with van der Waals surface area (Å²) in [5.41, 5.74) is 1.12. The molecule has 0 spiro atoms. The van der Waals surface area contributed by atoms with E-state index in [1.807, 2.05) is 12.1 Å². The molecule has 0 unspecified atom stereocenters. The maximum absolute atomic E-state index is 13.4. The summed E-state index contributed by atoms with van der Waals surface area (Å²) in [7, 11) is 0. The molecule has 2 rings (SSSR count). The SMILES string of the molecule is O=C(CCc1ccccc1F)NCC(=O)Nc1ccccc1Br. The molecular weight excluding hydrogens is 363 g/mol. The van der Waals surface area contributed by atoms with Crippen molar-refractivity contribution >= 4 is 33.4 Å². The average molecular weight is 379 g/mol. The highest BCUT2D eigenvalue weighted by atomic mass is 79.9. The predicted molar refractivity (Wildman–Crippen MR) is 90.5 cm³/mol. The molecule has 0 radical (unpaired) electrons. The van der Waals surface area contributed by atoms with Crippen LogP contribution in [-0.2, 0) is 16.0 Å². The Bertz CT molecular complexity index is 706. The van der Waals surface area contributed by atoms with E-state index in [9.17, 15) is 14.0 Å². The first-order valence-electron chi connectivity index (χ1n) is 7.11. The molecule has 2 aromatic carbocycles. The Morgan fingerprint density at radius 2 is 1.70 bits per heavy atom. The molecule has 0 saturated heterocycles. The third kappa shape index (κ3) is 5.49. The Balaban J connectivity index is 1.75. The summed E-state index contributed by atoms with van der Waals surface area (Å²) in [5, 5.41) is 5.21. The minimum atomic E-state index is -0.327. The quantitative estimate of drug-likeness (QED) is 0.810.